The number of methoxy groups -OCH3 is 1. The smallest absolute Gasteiger partial charge is 0.256 e. The second-order valence-electron chi connectivity index (χ2n) is 8.57. The van der Waals surface area contributed by atoms with Crippen molar-refractivity contribution in [2.24, 2.45) is 0 Å². The average Bonchev–Trinajstić information content (AvgIpc) is 2.88. The van der Waals surface area contributed by atoms with Gasteiger partial charge in [0.1, 0.15) is 11.6 Å². The molecule has 0 aliphatic carbocycles. The van der Waals surface area contributed by atoms with Crippen molar-refractivity contribution in [3.8, 4) is 5.75 Å². The van der Waals surface area contributed by atoms with Crippen LogP contribution in [0.15, 0.2) is 54.7 Å². The fourth-order valence-corrected chi connectivity index (χ4v) is 4.84. The van der Waals surface area contributed by atoms with E-state index in [1.807, 2.05) is 29.2 Å². The summed E-state index contributed by atoms with van der Waals surface area (Å²) in [6.07, 6.45) is 5.49. The highest BCUT2D eigenvalue weighted by Crippen LogP contribution is 2.30. The first kappa shape index (κ1) is 20.6. The Morgan fingerprint density at radius 1 is 0.812 bits per heavy atom. The lowest BCUT2D eigenvalue weighted by Crippen LogP contribution is -2.48. The van der Waals surface area contributed by atoms with E-state index in [4.69, 9.17) is 9.72 Å². The van der Waals surface area contributed by atoms with Crippen LogP contribution in [-0.2, 0) is 0 Å². The number of piperazine rings is 1. The van der Waals surface area contributed by atoms with E-state index in [1.165, 1.54) is 19.3 Å². The van der Waals surface area contributed by atoms with Gasteiger partial charge in [0.25, 0.3) is 5.91 Å². The number of carbonyl (C=O) groups excluding carboxylic acids is 1. The SMILES string of the molecule is COc1ccc(N2CCN(C(=O)c3cnc(N4CCCCC4)c4ccccc34)CC2)cc1. The van der Waals surface area contributed by atoms with E-state index in [2.05, 4.69) is 34.1 Å². The van der Waals surface area contributed by atoms with Crippen molar-refractivity contribution in [2.75, 3.05) is 56.2 Å². The number of pyridine rings is 1. The fourth-order valence-electron chi connectivity index (χ4n) is 4.84. The fraction of sp³-hybridized carbons (Fsp3) is 0.385. The first-order valence-electron chi connectivity index (χ1n) is 11.6. The molecular weight excluding hydrogens is 400 g/mol. The van der Waals surface area contributed by atoms with Crippen LogP contribution >= 0.6 is 0 Å². The number of nitrogens with zero attached hydrogens (tertiary/aromatic N) is 4. The normalized spacial score (nSPS) is 17.0. The van der Waals surface area contributed by atoms with Gasteiger partial charge in [-0.25, -0.2) is 4.98 Å². The monoisotopic (exact) mass is 430 g/mol. The quantitative estimate of drug-likeness (QED) is 0.621. The number of fused-ring (bicyclic) bond motifs is 1. The van der Waals surface area contributed by atoms with E-state index in [0.717, 1.165) is 54.2 Å². The minimum absolute atomic E-state index is 0.0771. The molecule has 166 valence electrons. The van der Waals surface area contributed by atoms with Gasteiger partial charge < -0.3 is 19.4 Å². The van der Waals surface area contributed by atoms with E-state index in [1.54, 1.807) is 13.3 Å². The van der Waals surface area contributed by atoms with Crippen LogP contribution in [0.5, 0.6) is 5.75 Å². The Labute approximate surface area is 189 Å². The molecule has 2 aliphatic heterocycles. The van der Waals surface area contributed by atoms with E-state index in [9.17, 15) is 4.79 Å². The summed E-state index contributed by atoms with van der Waals surface area (Å²) in [5.74, 6) is 1.95. The number of amides is 1. The highest BCUT2D eigenvalue weighted by atomic mass is 16.5. The van der Waals surface area contributed by atoms with Gasteiger partial charge in [0.2, 0.25) is 0 Å². The predicted molar refractivity (Wildman–Crippen MR) is 129 cm³/mol. The lowest BCUT2D eigenvalue weighted by Gasteiger charge is -2.36. The Bertz CT molecular complexity index is 1080. The summed E-state index contributed by atoms with van der Waals surface area (Å²) >= 11 is 0. The number of piperidine rings is 1. The number of rotatable bonds is 4. The molecule has 5 rings (SSSR count). The van der Waals surface area contributed by atoms with E-state index < -0.39 is 0 Å². The van der Waals surface area contributed by atoms with Gasteiger partial charge >= 0.3 is 0 Å². The highest BCUT2D eigenvalue weighted by Gasteiger charge is 2.25. The maximum atomic E-state index is 13.5. The predicted octanol–water partition coefficient (Wildman–Crippen LogP) is 4.20. The average molecular weight is 431 g/mol. The second-order valence-corrected chi connectivity index (χ2v) is 8.57. The maximum Gasteiger partial charge on any atom is 0.256 e. The second kappa shape index (κ2) is 9.07. The minimum Gasteiger partial charge on any atom is -0.497 e. The molecule has 2 saturated heterocycles. The van der Waals surface area contributed by atoms with Gasteiger partial charge in [0, 0.05) is 56.5 Å². The van der Waals surface area contributed by atoms with Gasteiger partial charge in [0.15, 0.2) is 0 Å². The first-order chi connectivity index (χ1) is 15.7. The molecule has 0 atom stereocenters. The molecule has 2 fully saturated rings. The van der Waals surface area contributed by atoms with Crippen molar-refractivity contribution in [1.82, 2.24) is 9.88 Å². The Balaban J connectivity index is 1.34. The molecule has 0 saturated carbocycles. The molecule has 32 heavy (non-hydrogen) atoms. The molecule has 0 N–H and O–H groups in total. The summed E-state index contributed by atoms with van der Waals surface area (Å²) in [6, 6.07) is 16.3. The van der Waals surface area contributed by atoms with Gasteiger partial charge in [-0.05, 0) is 48.9 Å². The molecule has 0 bridgehead atoms. The molecule has 2 aliphatic rings. The van der Waals surface area contributed by atoms with Crippen LogP contribution in [-0.4, -0.2) is 62.2 Å². The standard InChI is InChI=1S/C26H30N4O2/c1-32-21-11-9-20(10-12-21)28-15-17-30(18-16-28)26(31)24-19-27-25(29-13-5-2-6-14-29)23-8-4-3-7-22(23)24/h3-4,7-12,19H,2,5-6,13-18H2,1H3. The third-order valence-electron chi connectivity index (χ3n) is 6.66. The zero-order chi connectivity index (χ0) is 21.9. The maximum absolute atomic E-state index is 13.5. The number of benzene rings is 2. The van der Waals surface area contributed by atoms with Crippen molar-refractivity contribution in [1.29, 1.82) is 0 Å². The zero-order valence-electron chi connectivity index (χ0n) is 18.7. The van der Waals surface area contributed by atoms with Crippen LogP contribution in [0.2, 0.25) is 0 Å². The van der Waals surface area contributed by atoms with Crippen molar-refractivity contribution in [2.45, 2.75) is 19.3 Å². The molecule has 0 spiro atoms. The largest absolute Gasteiger partial charge is 0.497 e. The summed E-state index contributed by atoms with van der Waals surface area (Å²) in [5, 5.41) is 2.09. The number of aromatic nitrogens is 1. The van der Waals surface area contributed by atoms with Gasteiger partial charge in [-0.2, -0.15) is 0 Å². The van der Waals surface area contributed by atoms with Crippen molar-refractivity contribution < 1.29 is 9.53 Å². The molecule has 1 aromatic heterocycles. The van der Waals surface area contributed by atoms with Gasteiger partial charge in [-0.15, -0.1) is 0 Å². The number of carbonyl (C=O) groups is 1. The number of hydrogen-bond donors (Lipinski definition) is 0. The van der Waals surface area contributed by atoms with Crippen LogP contribution in [0, 0.1) is 0 Å². The molecule has 2 aromatic carbocycles. The number of hydrogen-bond acceptors (Lipinski definition) is 5. The molecular formula is C26H30N4O2. The summed E-state index contributed by atoms with van der Waals surface area (Å²) in [6.45, 7) is 5.11. The van der Waals surface area contributed by atoms with Crippen molar-refractivity contribution >= 4 is 28.2 Å². The van der Waals surface area contributed by atoms with Crippen molar-refractivity contribution in [3.05, 3.63) is 60.3 Å². The summed E-state index contributed by atoms with van der Waals surface area (Å²) in [4.78, 5) is 24.9. The lowest BCUT2D eigenvalue weighted by atomic mass is 10.0. The molecule has 3 aromatic rings. The van der Waals surface area contributed by atoms with Gasteiger partial charge in [-0.3, -0.25) is 4.79 Å². The summed E-state index contributed by atoms with van der Waals surface area (Å²) < 4.78 is 5.26. The topological polar surface area (TPSA) is 48.9 Å². The molecule has 6 nitrogen and oxygen atoms in total. The van der Waals surface area contributed by atoms with Crippen LogP contribution in [0.3, 0.4) is 0 Å². The van der Waals surface area contributed by atoms with E-state index in [-0.39, 0.29) is 5.91 Å². The number of ether oxygens (including phenoxy) is 1. The molecule has 0 unspecified atom stereocenters. The van der Waals surface area contributed by atoms with Crippen LogP contribution in [0.25, 0.3) is 10.8 Å². The van der Waals surface area contributed by atoms with E-state index >= 15 is 0 Å². The summed E-state index contributed by atoms with van der Waals surface area (Å²) in [7, 11) is 1.68. The molecule has 6 heteroatoms. The lowest BCUT2D eigenvalue weighted by molar-refractivity contribution is 0.0748. The molecule has 0 radical (unpaired) electrons. The Morgan fingerprint density at radius 3 is 2.19 bits per heavy atom. The molecule has 1 amide bonds. The summed E-state index contributed by atoms with van der Waals surface area (Å²) in [5.41, 5.74) is 1.87. The Kier molecular flexibility index (Phi) is 5.84. The molecule has 3 heterocycles. The van der Waals surface area contributed by atoms with Crippen molar-refractivity contribution in [3.63, 3.8) is 0 Å². The Morgan fingerprint density at radius 2 is 1.50 bits per heavy atom. The highest BCUT2D eigenvalue weighted by molar-refractivity contribution is 6.09. The first-order valence-corrected chi connectivity index (χ1v) is 11.6. The Hall–Kier alpha value is -3.28. The van der Waals surface area contributed by atoms with Crippen LogP contribution in [0.1, 0.15) is 29.6 Å². The van der Waals surface area contributed by atoms with E-state index in [0.29, 0.717) is 18.7 Å². The van der Waals surface area contributed by atoms with Gasteiger partial charge in [-0.1, -0.05) is 24.3 Å². The minimum atomic E-state index is 0.0771. The van der Waals surface area contributed by atoms with Crippen LogP contribution in [0.4, 0.5) is 11.5 Å². The number of anilines is 2. The van der Waals surface area contributed by atoms with Crippen LogP contribution < -0.4 is 14.5 Å². The zero-order valence-corrected chi connectivity index (χ0v) is 18.7. The third kappa shape index (κ3) is 3.97. The third-order valence-corrected chi connectivity index (χ3v) is 6.66. The van der Waals surface area contributed by atoms with Gasteiger partial charge in [0.05, 0.1) is 12.7 Å².